The predicted molar refractivity (Wildman–Crippen MR) is 52.0 cm³/mol. The maximum atomic E-state index is 9.64. The fraction of sp³-hybridized carbons (Fsp3) is 0.778. The van der Waals surface area contributed by atoms with Gasteiger partial charge in [0.15, 0.2) is 0 Å². The molecule has 0 aromatic rings. The molecule has 0 aromatic heterocycles. The normalized spacial score (nSPS) is 23.4. The molecule has 7 heteroatoms. The van der Waals surface area contributed by atoms with Crippen LogP contribution in [0.15, 0.2) is 0 Å². The van der Waals surface area contributed by atoms with Crippen LogP contribution in [0.1, 0.15) is 19.3 Å². The van der Waals surface area contributed by atoms with Crippen LogP contribution < -0.4 is 0 Å². The third-order valence-corrected chi connectivity index (χ3v) is 1.91. The lowest BCUT2D eigenvalue weighted by atomic mass is 10.2. The van der Waals surface area contributed by atoms with Crippen molar-refractivity contribution in [1.29, 1.82) is 0 Å². The van der Waals surface area contributed by atoms with E-state index in [1.165, 1.54) is 0 Å². The van der Waals surface area contributed by atoms with Gasteiger partial charge in [0.05, 0.1) is 25.6 Å². The molecule has 0 spiro atoms. The molecule has 0 saturated carbocycles. The average Bonchev–Trinajstić information content (AvgIpc) is 2.61. The van der Waals surface area contributed by atoms with Gasteiger partial charge < -0.3 is 25.2 Å². The van der Waals surface area contributed by atoms with E-state index in [0.29, 0.717) is 13.0 Å². The highest BCUT2D eigenvalue weighted by Crippen LogP contribution is 2.11. The van der Waals surface area contributed by atoms with E-state index in [-0.39, 0.29) is 25.6 Å². The van der Waals surface area contributed by atoms with Crippen molar-refractivity contribution in [3.63, 3.8) is 0 Å². The standard InChI is InChI=1S/C5H10O3.C4H6O4/c6-3-5-4(7)1-2-8-5;5-3(6)1-2-4(7)8/h4-7H,1-3H2;1-2H2,(H,5,6)(H,7,8)/t4-,5+;/m0./s1. The SMILES string of the molecule is O=C(O)CCC(=O)O.OC[C@H]1OCC[C@@H]1O. The summed E-state index contributed by atoms with van der Waals surface area (Å²) in [5.74, 6) is -2.15. The lowest BCUT2D eigenvalue weighted by Crippen LogP contribution is -2.24. The molecule has 1 saturated heterocycles. The summed E-state index contributed by atoms with van der Waals surface area (Å²) in [5.41, 5.74) is 0. The molecule has 1 aliphatic rings. The second kappa shape index (κ2) is 8.03. The fourth-order valence-electron chi connectivity index (χ4n) is 1.03. The summed E-state index contributed by atoms with van der Waals surface area (Å²) in [6.45, 7) is 0.508. The van der Waals surface area contributed by atoms with Gasteiger partial charge in [-0.05, 0) is 6.42 Å². The Morgan fingerprint density at radius 3 is 1.88 bits per heavy atom. The third-order valence-electron chi connectivity index (χ3n) is 1.91. The van der Waals surface area contributed by atoms with Gasteiger partial charge in [-0.25, -0.2) is 0 Å². The van der Waals surface area contributed by atoms with Crippen LogP contribution in [-0.4, -0.2) is 57.8 Å². The number of aliphatic hydroxyl groups is 2. The number of aliphatic hydroxyl groups excluding tert-OH is 2. The van der Waals surface area contributed by atoms with Crippen molar-refractivity contribution in [3.05, 3.63) is 0 Å². The molecule has 0 unspecified atom stereocenters. The number of carboxylic acids is 2. The lowest BCUT2D eigenvalue weighted by molar-refractivity contribution is -0.143. The van der Waals surface area contributed by atoms with Crippen LogP contribution in [0.3, 0.4) is 0 Å². The van der Waals surface area contributed by atoms with Crippen LogP contribution in [0.5, 0.6) is 0 Å². The zero-order valence-corrected chi connectivity index (χ0v) is 8.70. The molecule has 0 aromatic carbocycles. The number of ether oxygens (including phenoxy) is 1. The lowest BCUT2D eigenvalue weighted by Gasteiger charge is -2.07. The first-order valence-corrected chi connectivity index (χ1v) is 4.81. The number of hydrogen-bond acceptors (Lipinski definition) is 5. The van der Waals surface area contributed by atoms with Crippen LogP contribution in [0, 0.1) is 0 Å². The number of carboxylic acid groups (broad SMARTS) is 2. The van der Waals surface area contributed by atoms with Gasteiger partial charge in [-0.15, -0.1) is 0 Å². The van der Waals surface area contributed by atoms with Crippen molar-refractivity contribution < 1.29 is 34.8 Å². The summed E-state index contributed by atoms with van der Waals surface area (Å²) in [4.78, 5) is 19.3. The van der Waals surface area contributed by atoms with Gasteiger partial charge in [-0.2, -0.15) is 0 Å². The van der Waals surface area contributed by atoms with Gasteiger partial charge in [-0.3, -0.25) is 9.59 Å². The molecule has 1 fully saturated rings. The van der Waals surface area contributed by atoms with Gasteiger partial charge >= 0.3 is 11.9 Å². The quantitative estimate of drug-likeness (QED) is 0.496. The summed E-state index contributed by atoms with van der Waals surface area (Å²) < 4.78 is 4.91. The zero-order chi connectivity index (χ0) is 12.6. The summed E-state index contributed by atoms with van der Waals surface area (Å²) in [6.07, 6.45) is -0.703. The summed E-state index contributed by atoms with van der Waals surface area (Å²) in [7, 11) is 0. The second-order valence-corrected chi connectivity index (χ2v) is 3.24. The molecular weight excluding hydrogens is 220 g/mol. The maximum absolute atomic E-state index is 9.64. The van der Waals surface area contributed by atoms with Crippen LogP contribution in [0.4, 0.5) is 0 Å². The average molecular weight is 236 g/mol. The molecule has 1 aliphatic heterocycles. The first-order chi connectivity index (χ1) is 7.47. The summed E-state index contributed by atoms with van der Waals surface area (Å²) in [5, 5.41) is 33.2. The molecule has 0 radical (unpaired) electrons. The summed E-state index contributed by atoms with van der Waals surface area (Å²) >= 11 is 0. The molecule has 1 rings (SSSR count). The number of hydrogen-bond donors (Lipinski definition) is 4. The fourth-order valence-corrected chi connectivity index (χ4v) is 1.03. The van der Waals surface area contributed by atoms with Crippen molar-refractivity contribution in [1.82, 2.24) is 0 Å². The van der Waals surface area contributed by atoms with E-state index in [1.807, 2.05) is 0 Å². The minimum atomic E-state index is -1.08. The Morgan fingerprint density at radius 2 is 1.69 bits per heavy atom. The highest BCUT2D eigenvalue weighted by atomic mass is 16.5. The monoisotopic (exact) mass is 236 g/mol. The Bertz CT molecular complexity index is 214. The van der Waals surface area contributed by atoms with E-state index in [2.05, 4.69) is 0 Å². The Morgan fingerprint density at radius 1 is 1.19 bits per heavy atom. The molecule has 0 aliphatic carbocycles. The second-order valence-electron chi connectivity index (χ2n) is 3.24. The van der Waals surface area contributed by atoms with Crippen LogP contribution >= 0.6 is 0 Å². The van der Waals surface area contributed by atoms with Crippen LogP contribution in [0.25, 0.3) is 0 Å². The van der Waals surface area contributed by atoms with E-state index in [0.717, 1.165) is 0 Å². The molecule has 0 bridgehead atoms. The van der Waals surface area contributed by atoms with Gasteiger partial charge in [0, 0.05) is 6.61 Å². The summed E-state index contributed by atoms with van der Waals surface area (Å²) in [6, 6.07) is 0. The minimum absolute atomic E-state index is 0.0683. The molecule has 4 N–H and O–H groups in total. The van der Waals surface area contributed by atoms with E-state index in [1.54, 1.807) is 0 Å². The maximum Gasteiger partial charge on any atom is 0.303 e. The molecule has 94 valence electrons. The van der Waals surface area contributed by atoms with Gasteiger partial charge in [-0.1, -0.05) is 0 Å². The van der Waals surface area contributed by atoms with E-state index >= 15 is 0 Å². The van der Waals surface area contributed by atoms with Crippen molar-refractivity contribution in [2.24, 2.45) is 0 Å². The van der Waals surface area contributed by atoms with Gasteiger partial charge in [0.1, 0.15) is 6.10 Å². The molecular formula is C9H16O7. The number of rotatable bonds is 4. The molecule has 16 heavy (non-hydrogen) atoms. The van der Waals surface area contributed by atoms with Crippen LogP contribution in [0.2, 0.25) is 0 Å². The van der Waals surface area contributed by atoms with E-state index in [9.17, 15) is 9.59 Å². The topological polar surface area (TPSA) is 124 Å². The molecule has 1 heterocycles. The first-order valence-electron chi connectivity index (χ1n) is 4.81. The largest absolute Gasteiger partial charge is 0.481 e. The van der Waals surface area contributed by atoms with E-state index < -0.39 is 18.0 Å². The Labute approximate surface area is 92.3 Å². The minimum Gasteiger partial charge on any atom is -0.481 e. The van der Waals surface area contributed by atoms with Gasteiger partial charge in [0.25, 0.3) is 0 Å². The molecule has 0 amide bonds. The van der Waals surface area contributed by atoms with Crippen molar-refractivity contribution >= 4 is 11.9 Å². The van der Waals surface area contributed by atoms with Crippen molar-refractivity contribution in [3.8, 4) is 0 Å². The number of carbonyl (C=O) groups is 2. The highest BCUT2D eigenvalue weighted by molar-refractivity contribution is 5.75. The van der Waals surface area contributed by atoms with E-state index in [4.69, 9.17) is 25.2 Å². The first kappa shape index (κ1) is 14.8. The zero-order valence-electron chi connectivity index (χ0n) is 8.70. The third kappa shape index (κ3) is 7.16. The Hall–Kier alpha value is -1.18. The van der Waals surface area contributed by atoms with Crippen LogP contribution in [-0.2, 0) is 14.3 Å². The Balaban J connectivity index is 0.000000281. The van der Waals surface area contributed by atoms with Crippen molar-refractivity contribution in [2.75, 3.05) is 13.2 Å². The van der Waals surface area contributed by atoms with Gasteiger partial charge in [0.2, 0.25) is 0 Å². The smallest absolute Gasteiger partial charge is 0.303 e. The predicted octanol–water partition coefficient (Wildman–Crippen LogP) is -0.936. The highest BCUT2D eigenvalue weighted by Gasteiger charge is 2.24. The van der Waals surface area contributed by atoms with Crippen molar-refractivity contribution in [2.45, 2.75) is 31.5 Å². The molecule has 2 atom stereocenters. The Kier molecular flexibility index (Phi) is 7.44. The number of aliphatic carboxylic acids is 2. The molecule has 7 nitrogen and oxygen atoms in total.